The molecule has 3 rings (SSSR count). The Kier molecular flexibility index (Phi) is 6.85. The zero-order chi connectivity index (χ0) is 21.8. The van der Waals surface area contributed by atoms with E-state index in [9.17, 15) is 23.1 Å². The fourth-order valence-electron chi connectivity index (χ4n) is 3.02. The van der Waals surface area contributed by atoms with Crippen LogP contribution in [0, 0.1) is 12.7 Å². The molecular weight excluding hydrogens is 407 g/mol. The van der Waals surface area contributed by atoms with Gasteiger partial charge in [-0.3, -0.25) is 4.79 Å². The van der Waals surface area contributed by atoms with Crippen molar-refractivity contribution in [1.29, 1.82) is 0 Å². The molecule has 1 aromatic heterocycles. The molecule has 1 unspecified atom stereocenters. The molecule has 30 heavy (non-hydrogen) atoms. The Hall–Kier alpha value is -2.76. The first-order chi connectivity index (χ1) is 14.3. The van der Waals surface area contributed by atoms with Gasteiger partial charge in [-0.25, -0.2) is 23.1 Å². The third kappa shape index (κ3) is 4.69. The minimum atomic E-state index is -3.04. The molecule has 1 saturated heterocycles. The van der Waals surface area contributed by atoms with E-state index in [2.05, 4.69) is 20.0 Å². The number of aryl methyl sites for hydroxylation is 1. The number of aliphatic hydroxyl groups excluding tert-OH is 1. The lowest BCUT2D eigenvalue weighted by Gasteiger charge is -2.22. The van der Waals surface area contributed by atoms with Gasteiger partial charge in [-0.05, 0) is 6.92 Å². The zero-order valence-corrected chi connectivity index (χ0v) is 16.2. The zero-order valence-electron chi connectivity index (χ0n) is 16.2. The lowest BCUT2D eigenvalue weighted by Crippen LogP contribution is -2.20. The quantitative estimate of drug-likeness (QED) is 0.514. The number of benzene rings is 1. The maximum absolute atomic E-state index is 14.4. The van der Waals surface area contributed by atoms with Crippen molar-refractivity contribution >= 4 is 11.8 Å². The van der Waals surface area contributed by atoms with Crippen molar-refractivity contribution in [3.8, 4) is 0 Å². The number of alkyl halides is 2. The monoisotopic (exact) mass is 427 g/mol. The van der Waals surface area contributed by atoms with Crippen LogP contribution in [-0.2, 0) is 25.4 Å². The summed E-state index contributed by atoms with van der Waals surface area (Å²) in [5.74, 6) is -1.55. The van der Waals surface area contributed by atoms with Gasteiger partial charge in [0, 0.05) is 5.56 Å². The number of carbonyl (C=O) groups is 1. The van der Waals surface area contributed by atoms with E-state index in [1.54, 1.807) is 6.92 Å². The second-order valence-electron chi connectivity index (χ2n) is 6.40. The van der Waals surface area contributed by atoms with Crippen molar-refractivity contribution in [2.45, 2.75) is 32.3 Å². The van der Waals surface area contributed by atoms with E-state index in [0.717, 1.165) is 6.07 Å². The summed E-state index contributed by atoms with van der Waals surface area (Å²) in [5.41, 5.74) is -0.759. The molecule has 0 aliphatic carbocycles. The highest BCUT2D eigenvalue weighted by atomic mass is 19.3. The number of nitrogens with zero attached hydrogens (tertiary/aromatic N) is 2. The molecule has 11 heteroatoms. The maximum atomic E-state index is 14.4. The van der Waals surface area contributed by atoms with E-state index in [1.807, 2.05) is 0 Å². The minimum Gasteiger partial charge on any atom is -0.469 e. The van der Waals surface area contributed by atoms with E-state index in [-0.39, 0.29) is 42.5 Å². The van der Waals surface area contributed by atoms with E-state index >= 15 is 0 Å². The third-order valence-electron chi connectivity index (χ3n) is 4.39. The standard InChI is InChI=1S/C19H20F3N3O5/c1-9-23-12(8-13(26)28-2)14(19-29-6-7-30-19)17(24-9)25-18(27)11-5-3-4-10(15(11)20)16(21)22/h3-5,16,18-19,27H,6-8H2,1-2H3,(H,23,24,25). The Balaban J connectivity index is 2.00. The third-order valence-corrected chi connectivity index (χ3v) is 4.39. The van der Waals surface area contributed by atoms with Crippen molar-refractivity contribution in [2.24, 2.45) is 0 Å². The molecule has 0 saturated carbocycles. The summed E-state index contributed by atoms with van der Waals surface area (Å²) in [6, 6.07) is 3.32. The molecule has 0 radical (unpaired) electrons. The Labute approximate surface area is 170 Å². The van der Waals surface area contributed by atoms with Gasteiger partial charge in [-0.1, -0.05) is 18.2 Å². The Bertz CT molecular complexity index is 923. The van der Waals surface area contributed by atoms with Crippen LogP contribution in [0.3, 0.4) is 0 Å². The van der Waals surface area contributed by atoms with Gasteiger partial charge in [-0.15, -0.1) is 0 Å². The van der Waals surface area contributed by atoms with E-state index < -0.39 is 41.9 Å². The van der Waals surface area contributed by atoms with Crippen molar-refractivity contribution in [1.82, 2.24) is 9.97 Å². The normalized spacial score (nSPS) is 15.4. The van der Waals surface area contributed by atoms with Crippen LogP contribution >= 0.6 is 0 Å². The highest BCUT2D eigenvalue weighted by Gasteiger charge is 2.30. The van der Waals surface area contributed by atoms with Gasteiger partial charge >= 0.3 is 5.97 Å². The summed E-state index contributed by atoms with van der Waals surface area (Å²) in [6.45, 7) is 2.11. The average molecular weight is 427 g/mol. The molecule has 1 aromatic carbocycles. The van der Waals surface area contributed by atoms with Crippen LogP contribution in [0.1, 0.15) is 47.2 Å². The molecule has 162 valence electrons. The van der Waals surface area contributed by atoms with E-state index in [1.165, 1.54) is 19.2 Å². The molecule has 0 spiro atoms. The van der Waals surface area contributed by atoms with Crippen LogP contribution in [0.15, 0.2) is 18.2 Å². The second kappa shape index (κ2) is 9.37. The number of halogens is 3. The predicted octanol–water partition coefficient (Wildman–Crippen LogP) is 2.73. The number of methoxy groups -OCH3 is 1. The predicted molar refractivity (Wildman–Crippen MR) is 97.1 cm³/mol. The maximum Gasteiger partial charge on any atom is 0.311 e. The van der Waals surface area contributed by atoms with Crippen molar-refractivity contribution < 1.29 is 37.3 Å². The number of hydrogen-bond acceptors (Lipinski definition) is 8. The first-order valence-corrected chi connectivity index (χ1v) is 9.00. The van der Waals surface area contributed by atoms with Gasteiger partial charge in [0.05, 0.1) is 43.6 Å². The van der Waals surface area contributed by atoms with Crippen LogP contribution < -0.4 is 5.32 Å². The van der Waals surface area contributed by atoms with Gasteiger partial charge in [0.15, 0.2) is 12.5 Å². The van der Waals surface area contributed by atoms with Crippen molar-refractivity contribution in [3.63, 3.8) is 0 Å². The number of aliphatic hydroxyl groups is 1. The molecule has 1 atom stereocenters. The Morgan fingerprint density at radius 2 is 1.97 bits per heavy atom. The van der Waals surface area contributed by atoms with Gasteiger partial charge in [0.25, 0.3) is 6.43 Å². The van der Waals surface area contributed by atoms with Crippen LogP contribution in [0.5, 0.6) is 0 Å². The molecule has 2 N–H and O–H groups in total. The number of anilines is 1. The first kappa shape index (κ1) is 21.9. The molecule has 1 aliphatic rings. The highest BCUT2D eigenvalue weighted by Crippen LogP contribution is 2.34. The SMILES string of the molecule is COC(=O)Cc1nc(C)nc(NC(O)c2cccc(C(F)F)c2F)c1C1OCCO1. The number of nitrogens with one attached hydrogen (secondary N) is 1. The number of ether oxygens (including phenoxy) is 3. The van der Waals surface area contributed by atoms with Crippen molar-refractivity contribution in [2.75, 3.05) is 25.6 Å². The van der Waals surface area contributed by atoms with Crippen LogP contribution in [0.2, 0.25) is 0 Å². The van der Waals surface area contributed by atoms with Crippen molar-refractivity contribution in [3.05, 3.63) is 52.2 Å². The van der Waals surface area contributed by atoms with Crippen LogP contribution in [-0.4, -0.2) is 41.4 Å². The Morgan fingerprint density at radius 1 is 1.30 bits per heavy atom. The lowest BCUT2D eigenvalue weighted by atomic mass is 10.1. The van der Waals surface area contributed by atoms with Gasteiger partial charge in [0.2, 0.25) is 0 Å². The smallest absolute Gasteiger partial charge is 0.311 e. The summed E-state index contributed by atoms with van der Waals surface area (Å²) < 4.78 is 56.1. The number of hydrogen-bond donors (Lipinski definition) is 2. The number of rotatable bonds is 7. The Morgan fingerprint density at radius 3 is 2.60 bits per heavy atom. The molecule has 2 aromatic rings. The lowest BCUT2D eigenvalue weighted by molar-refractivity contribution is -0.139. The van der Waals surface area contributed by atoms with Crippen LogP contribution in [0.25, 0.3) is 0 Å². The van der Waals surface area contributed by atoms with E-state index in [4.69, 9.17) is 9.47 Å². The molecule has 0 bridgehead atoms. The summed E-state index contributed by atoms with van der Waals surface area (Å²) in [4.78, 5) is 20.2. The average Bonchev–Trinajstić information content (AvgIpc) is 3.21. The molecule has 1 aliphatic heterocycles. The van der Waals surface area contributed by atoms with Gasteiger partial charge < -0.3 is 24.6 Å². The number of carbonyl (C=O) groups excluding carboxylic acids is 1. The summed E-state index contributed by atoms with van der Waals surface area (Å²) in [7, 11) is 1.22. The summed E-state index contributed by atoms with van der Waals surface area (Å²) >= 11 is 0. The number of aromatic nitrogens is 2. The highest BCUT2D eigenvalue weighted by molar-refractivity contribution is 5.73. The summed E-state index contributed by atoms with van der Waals surface area (Å²) in [6.07, 6.45) is -5.92. The minimum absolute atomic E-state index is 0.0163. The second-order valence-corrected chi connectivity index (χ2v) is 6.40. The van der Waals surface area contributed by atoms with Crippen LogP contribution in [0.4, 0.5) is 19.0 Å². The molecule has 2 heterocycles. The largest absolute Gasteiger partial charge is 0.469 e. The van der Waals surface area contributed by atoms with Gasteiger partial charge in [0.1, 0.15) is 17.5 Å². The van der Waals surface area contributed by atoms with E-state index in [0.29, 0.717) is 0 Å². The fourth-order valence-corrected chi connectivity index (χ4v) is 3.02. The molecule has 1 fully saturated rings. The summed E-state index contributed by atoms with van der Waals surface area (Å²) in [5, 5.41) is 13.1. The molecular formula is C19H20F3N3O5. The number of esters is 1. The van der Waals surface area contributed by atoms with Gasteiger partial charge in [-0.2, -0.15) is 0 Å². The first-order valence-electron chi connectivity index (χ1n) is 9.00. The molecule has 0 amide bonds. The fraction of sp³-hybridized carbons (Fsp3) is 0.421. The molecule has 8 nitrogen and oxygen atoms in total. The topological polar surface area (TPSA) is 103 Å².